The topological polar surface area (TPSA) is 43.4 Å². The molecule has 0 saturated carbocycles. The van der Waals surface area contributed by atoms with E-state index in [9.17, 15) is 8.42 Å². The van der Waals surface area contributed by atoms with Crippen LogP contribution in [0, 0.1) is 0 Å². The number of thiophene rings is 1. The molecule has 20 heavy (non-hydrogen) atoms. The second kappa shape index (κ2) is 6.43. The van der Waals surface area contributed by atoms with Gasteiger partial charge in [-0.1, -0.05) is 0 Å². The molecule has 0 saturated heterocycles. The highest BCUT2D eigenvalue weighted by molar-refractivity contribution is 9.28. The molecule has 0 aliphatic carbocycles. The number of benzene rings is 1. The summed E-state index contributed by atoms with van der Waals surface area (Å²) in [5, 5.41) is 0. The zero-order chi connectivity index (χ0) is 14.8. The van der Waals surface area contributed by atoms with Gasteiger partial charge in [0.05, 0.1) is 9.65 Å². The summed E-state index contributed by atoms with van der Waals surface area (Å²) in [6, 6.07) is 11.0. The Morgan fingerprint density at radius 1 is 1.15 bits per heavy atom. The molecule has 0 fully saturated rings. The molecule has 0 aliphatic heterocycles. The average molecular weight is 438 g/mol. The van der Waals surface area contributed by atoms with Crippen LogP contribution in [-0.4, -0.2) is 14.7 Å². The smallest absolute Gasteiger partial charge is 0.306 e. The monoisotopic (exact) mass is 436 g/mol. The van der Waals surface area contributed by atoms with Gasteiger partial charge in [-0.05, 0) is 79.9 Å². The van der Waals surface area contributed by atoms with Gasteiger partial charge >= 0.3 is 10.1 Å². The van der Waals surface area contributed by atoms with Crippen molar-refractivity contribution in [3.8, 4) is 16.2 Å². The molecular formula is C13H10Br2O3S2. The summed E-state index contributed by atoms with van der Waals surface area (Å²) < 4.78 is 27.7. The van der Waals surface area contributed by atoms with E-state index in [0.717, 1.165) is 25.0 Å². The van der Waals surface area contributed by atoms with Gasteiger partial charge in [0.15, 0.2) is 0 Å². The van der Waals surface area contributed by atoms with Crippen LogP contribution in [0.5, 0.6) is 5.75 Å². The first kappa shape index (κ1) is 15.8. The van der Waals surface area contributed by atoms with Crippen LogP contribution in [0.4, 0.5) is 0 Å². The lowest BCUT2D eigenvalue weighted by Crippen LogP contribution is -2.05. The van der Waals surface area contributed by atoms with Crippen molar-refractivity contribution >= 4 is 59.4 Å². The van der Waals surface area contributed by atoms with Gasteiger partial charge in [-0.2, -0.15) is 8.42 Å². The summed E-state index contributed by atoms with van der Waals surface area (Å²) in [4.78, 5) is 2.21. The number of hydrogen-bond donors (Lipinski definition) is 0. The molecule has 3 nitrogen and oxygen atoms in total. The maximum Gasteiger partial charge on any atom is 0.306 e. The fourth-order valence-corrected chi connectivity index (χ4v) is 3.76. The molecule has 0 atom stereocenters. The third-order valence-electron chi connectivity index (χ3n) is 2.26. The highest BCUT2D eigenvalue weighted by Crippen LogP contribution is 2.31. The van der Waals surface area contributed by atoms with E-state index in [-0.39, 0.29) is 0 Å². The van der Waals surface area contributed by atoms with Gasteiger partial charge in [0.1, 0.15) is 5.75 Å². The summed E-state index contributed by atoms with van der Waals surface area (Å²) in [7, 11) is -3.48. The van der Waals surface area contributed by atoms with E-state index >= 15 is 0 Å². The lowest BCUT2D eigenvalue weighted by atomic mass is 10.2. The molecule has 1 heterocycles. The van der Waals surface area contributed by atoms with Gasteiger partial charge in [-0.25, -0.2) is 0 Å². The largest absolute Gasteiger partial charge is 0.383 e. The third kappa shape index (κ3) is 4.73. The lowest BCUT2D eigenvalue weighted by Gasteiger charge is -2.03. The van der Waals surface area contributed by atoms with Crippen LogP contribution in [-0.2, 0) is 10.1 Å². The Balaban J connectivity index is 2.22. The van der Waals surface area contributed by atoms with Crippen LogP contribution >= 0.6 is 43.2 Å². The van der Waals surface area contributed by atoms with Crippen LogP contribution in [0.25, 0.3) is 16.5 Å². The molecule has 0 N–H and O–H groups in total. The van der Waals surface area contributed by atoms with Crippen molar-refractivity contribution in [1.29, 1.82) is 0 Å². The van der Waals surface area contributed by atoms with Gasteiger partial charge in [0.2, 0.25) is 0 Å². The van der Waals surface area contributed by atoms with E-state index in [1.54, 1.807) is 23.5 Å². The van der Waals surface area contributed by atoms with Crippen molar-refractivity contribution in [1.82, 2.24) is 0 Å². The van der Waals surface area contributed by atoms with Crippen molar-refractivity contribution in [2.45, 2.75) is 0 Å². The van der Waals surface area contributed by atoms with Gasteiger partial charge in [-0.3, -0.25) is 0 Å². The van der Waals surface area contributed by atoms with Gasteiger partial charge in [0.25, 0.3) is 0 Å². The lowest BCUT2D eigenvalue weighted by molar-refractivity contribution is 0.493. The van der Waals surface area contributed by atoms with Gasteiger partial charge in [-0.15, -0.1) is 11.3 Å². The third-order valence-corrected chi connectivity index (χ3v) is 4.30. The van der Waals surface area contributed by atoms with Crippen LogP contribution in [0.15, 0.2) is 39.8 Å². The first-order valence-corrected chi connectivity index (χ1v) is 9.68. The quantitative estimate of drug-likeness (QED) is 0.642. The highest BCUT2D eigenvalue weighted by atomic mass is 79.9. The first-order valence-electron chi connectivity index (χ1n) is 5.46. The summed E-state index contributed by atoms with van der Waals surface area (Å²) in [6.45, 7) is 0. The van der Waals surface area contributed by atoms with Crippen LogP contribution in [0.3, 0.4) is 0 Å². The molecule has 0 unspecified atom stereocenters. The van der Waals surface area contributed by atoms with Crippen molar-refractivity contribution in [2.24, 2.45) is 0 Å². The summed E-state index contributed by atoms with van der Waals surface area (Å²) >= 11 is 8.29. The van der Waals surface area contributed by atoms with E-state index in [2.05, 4.69) is 31.9 Å². The van der Waals surface area contributed by atoms with Crippen molar-refractivity contribution in [2.75, 3.05) is 6.26 Å². The summed E-state index contributed by atoms with van der Waals surface area (Å²) in [5.74, 6) is 0.316. The Morgan fingerprint density at radius 3 is 2.35 bits per heavy atom. The predicted octanol–water partition coefficient (Wildman–Crippen LogP) is 4.84. The predicted molar refractivity (Wildman–Crippen MR) is 91.1 cm³/mol. The van der Waals surface area contributed by atoms with Crippen molar-refractivity contribution in [3.05, 3.63) is 44.7 Å². The Labute approximate surface area is 138 Å². The number of hydrogen-bond acceptors (Lipinski definition) is 4. The molecule has 0 radical (unpaired) electrons. The molecule has 0 bridgehead atoms. The molecule has 106 valence electrons. The van der Waals surface area contributed by atoms with Gasteiger partial charge in [0, 0.05) is 9.75 Å². The molecule has 0 aliphatic rings. The molecule has 2 aromatic rings. The van der Waals surface area contributed by atoms with E-state index in [4.69, 9.17) is 4.18 Å². The molecule has 7 heteroatoms. The Morgan fingerprint density at radius 2 is 1.80 bits per heavy atom. The fraction of sp³-hybridized carbons (Fsp3) is 0.0769. The second-order valence-corrected chi connectivity index (χ2v) is 9.41. The fourth-order valence-electron chi connectivity index (χ4n) is 1.54. The minimum absolute atomic E-state index is 0.316. The number of halogens is 2. The zero-order valence-corrected chi connectivity index (χ0v) is 15.1. The van der Waals surface area contributed by atoms with Crippen LogP contribution in [0.1, 0.15) is 4.88 Å². The molecular weight excluding hydrogens is 428 g/mol. The van der Waals surface area contributed by atoms with E-state index in [1.165, 1.54) is 0 Å². The molecule has 0 spiro atoms. The molecule has 1 aromatic heterocycles. The van der Waals surface area contributed by atoms with E-state index in [1.807, 2.05) is 30.3 Å². The average Bonchev–Trinajstić information content (AvgIpc) is 2.75. The summed E-state index contributed by atoms with van der Waals surface area (Å²) in [6.07, 6.45) is 2.99. The minimum Gasteiger partial charge on any atom is -0.383 e. The molecule has 0 amide bonds. The maximum atomic E-state index is 11.0. The second-order valence-electron chi connectivity index (χ2n) is 3.95. The zero-order valence-electron chi connectivity index (χ0n) is 10.3. The Hall–Kier alpha value is -0.630. The SMILES string of the molecule is CS(=O)(=O)Oc1ccc(-c2ccc(C=C(Br)Br)s2)cc1. The number of rotatable bonds is 4. The Kier molecular flexibility index (Phi) is 5.06. The Bertz CT molecular complexity index is 727. The normalized spacial score (nSPS) is 11.2. The van der Waals surface area contributed by atoms with Crippen molar-refractivity contribution in [3.63, 3.8) is 0 Å². The standard InChI is InChI=1S/C13H10Br2O3S2/c1-20(16,17)18-10-4-2-9(3-5-10)12-7-6-11(19-12)8-13(14)15/h2-8H,1H3. The minimum atomic E-state index is -3.48. The van der Waals surface area contributed by atoms with E-state index < -0.39 is 10.1 Å². The maximum absolute atomic E-state index is 11.0. The van der Waals surface area contributed by atoms with Crippen LogP contribution in [0.2, 0.25) is 0 Å². The summed E-state index contributed by atoms with van der Waals surface area (Å²) in [5.41, 5.74) is 1.01. The van der Waals surface area contributed by atoms with Crippen molar-refractivity contribution < 1.29 is 12.6 Å². The molecule has 2 rings (SSSR count). The highest BCUT2D eigenvalue weighted by Gasteiger charge is 2.06. The first-order chi connectivity index (χ1) is 9.33. The van der Waals surface area contributed by atoms with Crippen LogP contribution < -0.4 is 4.18 Å². The van der Waals surface area contributed by atoms with E-state index in [0.29, 0.717) is 5.75 Å². The molecule has 1 aromatic carbocycles. The van der Waals surface area contributed by atoms with Gasteiger partial charge < -0.3 is 4.18 Å².